The van der Waals surface area contributed by atoms with E-state index in [-0.39, 0.29) is 5.95 Å². The zero-order valence-corrected chi connectivity index (χ0v) is 8.38. The number of nitrogen functional groups attached to an aromatic ring is 1. The molecule has 0 amide bonds. The van der Waals surface area contributed by atoms with Crippen molar-refractivity contribution in [1.82, 2.24) is 19.9 Å². The lowest BCUT2D eigenvalue weighted by molar-refractivity contribution is 0.887. The maximum Gasteiger partial charge on any atom is 0.223 e. The Kier molecular flexibility index (Phi) is 2.53. The van der Waals surface area contributed by atoms with Crippen LogP contribution in [0.4, 0.5) is 5.95 Å². The smallest absolute Gasteiger partial charge is 0.223 e. The number of anilines is 1. The molecular formula is C10H11N5. The number of hydrogen-bond acceptors (Lipinski definition) is 5. The fraction of sp³-hybridized carbons (Fsp3) is 0.200. The van der Waals surface area contributed by atoms with Crippen LogP contribution in [-0.4, -0.2) is 19.9 Å². The summed E-state index contributed by atoms with van der Waals surface area (Å²) in [6.07, 6.45) is 4.15. The first-order chi connectivity index (χ1) is 7.24. The van der Waals surface area contributed by atoms with Crippen LogP contribution in [0.5, 0.6) is 0 Å². The van der Waals surface area contributed by atoms with Crippen molar-refractivity contribution in [2.24, 2.45) is 0 Å². The van der Waals surface area contributed by atoms with Crippen molar-refractivity contribution < 1.29 is 0 Å². The summed E-state index contributed by atoms with van der Waals surface area (Å²) in [4.78, 5) is 16.2. The van der Waals surface area contributed by atoms with Crippen molar-refractivity contribution in [1.29, 1.82) is 0 Å². The molecule has 0 aliphatic carbocycles. The Bertz CT molecular complexity index is 434. The largest absolute Gasteiger partial charge is 0.368 e. The Morgan fingerprint density at radius 3 is 2.80 bits per heavy atom. The van der Waals surface area contributed by atoms with E-state index in [1.165, 1.54) is 0 Å². The van der Waals surface area contributed by atoms with E-state index in [2.05, 4.69) is 19.9 Å². The van der Waals surface area contributed by atoms with Gasteiger partial charge in [-0.1, -0.05) is 6.07 Å². The van der Waals surface area contributed by atoms with Crippen LogP contribution in [0.15, 0.2) is 24.5 Å². The lowest BCUT2D eigenvalue weighted by Crippen LogP contribution is -2.05. The summed E-state index contributed by atoms with van der Waals surface area (Å²) >= 11 is 0. The van der Waals surface area contributed by atoms with Gasteiger partial charge in [-0.15, -0.1) is 0 Å². The molecule has 0 aromatic carbocycles. The van der Waals surface area contributed by atoms with Crippen molar-refractivity contribution in [2.45, 2.75) is 13.3 Å². The third kappa shape index (κ3) is 2.46. The number of nitrogens with two attached hydrogens (primary N) is 1. The molecule has 0 bridgehead atoms. The molecular weight excluding hydrogens is 190 g/mol. The van der Waals surface area contributed by atoms with E-state index in [1.54, 1.807) is 19.3 Å². The van der Waals surface area contributed by atoms with Crippen molar-refractivity contribution in [3.05, 3.63) is 41.7 Å². The Balaban J connectivity index is 2.25. The zero-order chi connectivity index (χ0) is 10.7. The second-order valence-corrected chi connectivity index (χ2v) is 3.20. The van der Waals surface area contributed by atoms with Crippen LogP contribution in [0.25, 0.3) is 0 Å². The van der Waals surface area contributed by atoms with Gasteiger partial charge in [-0.3, -0.25) is 4.98 Å². The molecule has 2 heterocycles. The average Bonchev–Trinajstić information content (AvgIpc) is 2.17. The Labute approximate surface area is 87.4 Å². The Morgan fingerprint density at radius 1 is 1.27 bits per heavy atom. The number of hydrogen-bond donors (Lipinski definition) is 1. The van der Waals surface area contributed by atoms with Gasteiger partial charge >= 0.3 is 0 Å². The highest BCUT2D eigenvalue weighted by molar-refractivity contribution is 5.20. The molecule has 2 rings (SSSR count). The number of pyridine rings is 1. The van der Waals surface area contributed by atoms with Crippen molar-refractivity contribution in [3.8, 4) is 0 Å². The first-order valence-electron chi connectivity index (χ1n) is 4.60. The van der Waals surface area contributed by atoms with E-state index in [0.29, 0.717) is 18.1 Å². The van der Waals surface area contributed by atoms with E-state index in [9.17, 15) is 0 Å². The van der Waals surface area contributed by atoms with Gasteiger partial charge in [-0.25, -0.2) is 4.98 Å². The van der Waals surface area contributed by atoms with Crippen LogP contribution in [0.2, 0.25) is 0 Å². The summed E-state index contributed by atoms with van der Waals surface area (Å²) in [5.74, 6) is 1.58. The minimum atomic E-state index is 0.265. The molecule has 0 spiro atoms. The maximum absolute atomic E-state index is 5.54. The monoisotopic (exact) mass is 201 g/mol. The van der Waals surface area contributed by atoms with Gasteiger partial charge in [-0.05, 0) is 18.6 Å². The fourth-order valence-electron chi connectivity index (χ4n) is 1.32. The predicted molar refractivity (Wildman–Crippen MR) is 56.0 cm³/mol. The van der Waals surface area contributed by atoms with Gasteiger partial charge in [0.2, 0.25) is 5.95 Å². The number of nitrogens with zero attached hydrogens (tertiary/aromatic N) is 4. The number of aromatic nitrogens is 4. The lowest BCUT2D eigenvalue weighted by Gasteiger charge is -2.01. The summed E-state index contributed by atoms with van der Waals surface area (Å²) in [6, 6.07) is 3.86. The normalized spacial score (nSPS) is 10.2. The molecule has 2 aromatic rings. The first kappa shape index (κ1) is 9.51. The van der Waals surface area contributed by atoms with Crippen molar-refractivity contribution >= 4 is 5.95 Å². The maximum atomic E-state index is 5.54. The minimum absolute atomic E-state index is 0.265. The topological polar surface area (TPSA) is 77.6 Å². The van der Waals surface area contributed by atoms with E-state index < -0.39 is 0 Å². The van der Waals surface area contributed by atoms with E-state index in [4.69, 9.17) is 5.73 Å². The lowest BCUT2D eigenvalue weighted by atomic mass is 10.2. The van der Waals surface area contributed by atoms with Gasteiger partial charge < -0.3 is 5.73 Å². The third-order valence-electron chi connectivity index (χ3n) is 1.90. The quantitative estimate of drug-likeness (QED) is 0.775. The summed E-state index contributed by atoms with van der Waals surface area (Å²) in [6.45, 7) is 1.80. The molecule has 15 heavy (non-hydrogen) atoms. The summed E-state index contributed by atoms with van der Waals surface area (Å²) in [7, 11) is 0. The highest BCUT2D eigenvalue weighted by atomic mass is 15.1. The summed E-state index contributed by atoms with van der Waals surface area (Å²) < 4.78 is 0. The average molecular weight is 201 g/mol. The van der Waals surface area contributed by atoms with Crippen LogP contribution in [0.1, 0.15) is 17.2 Å². The molecule has 5 heteroatoms. The van der Waals surface area contributed by atoms with Gasteiger partial charge in [0.05, 0.1) is 0 Å². The molecule has 0 aliphatic heterocycles. The molecule has 0 unspecified atom stereocenters. The SMILES string of the molecule is Cc1nc(N)nc(Cc2cccnc2)n1. The molecule has 0 saturated carbocycles. The highest BCUT2D eigenvalue weighted by Crippen LogP contribution is 2.04. The highest BCUT2D eigenvalue weighted by Gasteiger charge is 2.02. The van der Waals surface area contributed by atoms with E-state index in [0.717, 1.165) is 5.56 Å². The second-order valence-electron chi connectivity index (χ2n) is 3.20. The van der Waals surface area contributed by atoms with Crippen LogP contribution in [-0.2, 0) is 6.42 Å². The third-order valence-corrected chi connectivity index (χ3v) is 1.90. The predicted octanol–water partition coefficient (Wildman–Crippen LogP) is 0.748. The Morgan fingerprint density at radius 2 is 2.13 bits per heavy atom. The standard InChI is InChI=1S/C10H11N5/c1-7-13-9(15-10(11)14-7)5-8-3-2-4-12-6-8/h2-4,6H,5H2,1H3,(H2,11,13,14,15). The summed E-state index contributed by atoms with van der Waals surface area (Å²) in [5, 5.41) is 0. The van der Waals surface area contributed by atoms with Crippen LogP contribution in [0, 0.1) is 6.92 Å². The van der Waals surface area contributed by atoms with Crippen molar-refractivity contribution in [3.63, 3.8) is 0 Å². The van der Waals surface area contributed by atoms with Gasteiger partial charge in [-0.2, -0.15) is 9.97 Å². The van der Waals surface area contributed by atoms with Gasteiger partial charge in [0.25, 0.3) is 0 Å². The molecule has 0 saturated heterocycles. The van der Waals surface area contributed by atoms with Crippen LogP contribution in [0.3, 0.4) is 0 Å². The molecule has 0 atom stereocenters. The molecule has 5 nitrogen and oxygen atoms in total. The van der Waals surface area contributed by atoms with Crippen molar-refractivity contribution in [2.75, 3.05) is 5.73 Å². The molecule has 2 aromatic heterocycles. The summed E-state index contributed by atoms with van der Waals surface area (Å²) in [5.41, 5.74) is 6.59. The van der Waals surface area contributed by atoms with Crippen LogP contribution >= 0.6 is 0 Å². The fourth-order valence-corrected chi connectivity index (χ4v) is 1.32. The van der Waals surface area contributed by atoms with Gasteiger partial charge in [0.15, 0.2) is 0 Å². The minimum Gasteiger partial charge on any atom is -0.368 e. The van der Waals surface area contributed by atoms with E-state index >= 15 is 0 Å². The van der Waals surface area contributed by atoms with Crippen LogP contribution < -0.4 is 5.73 Å². The van der Waals surface area contributed by atoms with E-state index in [1.807, 2.05) is 12.1 Å². The Hall–Kier alpha value is -2.04. The molecule has 0 aliphatic rings. The second kappa shape index (κ2) is 4.00. The van der Waals surface area contributed by atoms with Gasteiger partial charge in [0, 0.05) is 18.8 Å². The first-order valence-corrected chi connectivity index (χ1v) is 4.60. The van der Waals surface area contributed by atoms with Gasteiger partial charge in [0.1, 0.15) is 11.6 Å². The molecule has 2 N–H and O–H groups in total. The molecule has 0 fully saturated rings. The number of aryl methyl sites for hydroxylation is 1. The number of rotatable bonds is 2. The molecule has 0 radical (unpaired) electrons. The molecule has 76 valence electrons. The zero-order valence-electron chi connectivity index (χ0n) is 8.38.